The van der Waals surface area contributed by atoms with Crippen LogP contribution in [0.3, 0.4) is 0 Å². The van der Waals surface area contributed by atoms with E-state index in [2.05, 4.69) is 44.6 Å². The molecule has 116 valence electrons. The van der Waals surface area contributed by atoms with Crippen LogP contribution in [0.25, 0.3) is 0 Å². The third-order valence-corrected chi connectivity index (χ3v) is 3.94. The molecule has 3 rings (SSSR count). The number of benzene rings is 1. The molecule has 1 fully saturated rings. The van der Waals surface area contributed by atoms with Gasteiger partial charge in [-0.15, -0.1) is 0 Å². The summed E-state index contributed by atoms with van der Waals surface area (Å²) in [6, 6.07) is 10.6. The van der Waals surface area contributed by atoms with Crippen LogP contribution in [-0.4, -0.2) is 36.1 Å². The maximum Gasteiger partial charge on any atom is 0.223 e. The lowest BCUT2D eigenvalue weighted by atomic mass is 10.2. The van der Waals surface area contributed by atoms with E-state index in [1.807, 2.05) is 25.2 Å². The van der Waals surface area contributed by atoms with E-state index in [-0.39, 0.29) is 0 Å². The van der Waals surface area contributed by atoms with Gasteiger partial charge in [0, 0.05) is 30.9 Å². The second-order valence-corrected chi connectivity index (χ2v) is 5.68. The quantitative estimate of drug-likeness (QED) is 0.800. The zero-order valence-electron chi connectivity index (χ0n) is 13.0. The predicted molar refractivity (Wildman–Crippen MR) is 90.6 cm³/mol. The summed E-state index contributed by atoms with van der Waals surface area (Å²) in [7, 11) is 1.99. The first-order chi connectivity index (χ1) is 10.6. The van der Waals surface area contributed by atoms with Crippen LogP contribution >= 0.6 is 0 Å². The first kappa shape index (κ1) is 14.6. The Labute approximate surface area is 130 Å². The largest absolute Gasteiger partial charge is 0.368 e. The molecule has 0 aliphatic carbocycles. The maximum atomic E-state index is 5.87. The minimum Gasteiger partial charge on any atom is -0.368 e. The van der Waals surface area contributed by atoms with Crippen molar-refractivity contribution in [3.05, 3.63) is 35.9 Å². The molecule has 0 amide bonds. The van der Waals surface area contributed by atoms with Gasteiger partial charge in [0.25, 0.3) is 0 Å². The normalized spacial score (nSPS) is 17.7. The van der Waals surface area contributed by atoms with E-state index >= 15 is 0 Å². The second kappa shape index (κ2) is 6.19. The number of hydrogen-bond acceptors (Lipinski definition) is 6. The van der Waals surface area contributed by atoms with Gasteiger partial charge in [-0.25, -0.2) is 0 Å². The van der Waals surface area contributed by atoms with Crippen molar-refractivity contribution in [3.8, 4) is 0 Å². The third kappa shape index (κ3) is 3.28. The molecular weight excluding hydrogens is 276 g/mol. The average molecular weight is 298 g/mol. The summed E-state index contributed by atoms with van der Waals surface area (Å²) in [6.07, 6.45) is 1.11. The minimum atomic E-state index is 0.292. The Balaban J connectivity index is 1.81. The van der Waals surface area contributed by atoms with Gasteiger partial charge in [0.15, 0.2) is 0 Å². The van der Waals surface area contributed by atoms with Crippen molar-refractivity contribution in [1.82, 2.24) is 15.3 Å². The fourth-order valence-corrected chi connectivity index (χ4v) is 2.75. The summed E-state index contributed by atoms with van der Waals surface area (Å²) >= 11 is 0. The van der Waals surface area contributed by atoms with Crippen LogP contribution in [0.5, 0.6) is 0 Å². The monoisotopic (exact) mass is 298 g/mol. The lowest BCUT2D eigenvalue weighted by Gasteiger charge is -2.18. The smallest absolute Gasteiger partial charge is 0.223 e. The number of aryl methyl sites for hydroxylation is 1. The van der Waals surface area contributed by atoms with Crippen molar-refractivity contribution in [1.29, 1.82) is 0 Å². The highest BCUT2D eigenvalue weighted by molar-refractivity contribution is 5.62. The van der Waals surface area contributed by atoms with Gasteiger partial charge in [0.1, 0.15) is 11.6 Å². The van der Waals surface area contributed by atoms with Gasteiger partial charge in [-0.05, 0) is 38.1 Å². The average Bonchev–Trinajstić information content (AvgIpc) is 2.95. The van der Waals surface area contributed by atoms with Crippen LogP contribution in [0.2, 0.25) is 0 Å². The van der Waals surface area contributed by atoms with Gasteiger partial charge in [-0.3, -0.25) is 0 Å². The lowest BCUT2D eigenvalue weighted by molar-refractivity contribution is 0.616. The van der Waals surface area contributed by atoms with E-state index in [9.17, 15) is 0 Å². The number of hydrogen-bond donors (Lipinski definition) is 3. The number of nitrogens with zero attached hydrogens (tertiary/aromatic N) is 3. The fourth-order valence-electron chi connectivity index (χ4n) is 2.75. The first-order valence-electron chi connectivity index (χ1n) is 7.54. The van der Waals surface area contributed by atoms with E-state index in [0.717, 1.165) is 36.8 Å². The van der Waals surface area contributed by atoms with Crippen LogP contribution < -0.4 is 21.3 Å². The number of aromatic nitrogens is 2. The molecule has 0 unspecified atom stereocenters. The van der Waals surface area contributed by atoms with Crippen LogP contribution in [0.15, 0.2) is 30.3 Å². The zero-order chi connectivity index (χ0) is 15.5. The van der Waals surface area contributed by atoms with Crippen molar-refractivity contribution in [2.24, 2.45) is 0 Å². The first-order valence-corrected chi connectivity index (χ1v) is 7.54. The maximum absolute atomic E-state index is 5.87. The summed E-state index contributed by atoms with van der Waals surface area (Å²) in [5, 5.41) is 6.61. The summed E-state index contributed by atoms with van der Waals surface area (Å²) in [5.74, 6) is 1.89. The Kier molecular flexibility index (Phi) is 4.11. The van der Waals surface area contributed by atoms with Crippen molar-refractivity contribution in [2.75, 3.05) is 36.1 Å². The molecule has 2 aromatic rings. The van der Waals surface area contributed by atoms with Crippen molar-refractivity contribution < 1.29 is 0 Å². The minimum absolute atomic E-state index is 0.292. The van der Waals surface area contributed by atoms with E-state index in [1.165, 1.54) is 5.56 Å². The van der Waals surface area contributed by atoms with Crippen LogP contribution in [0.4, 0.5) is 23.3 Å². The van der Waals surface area contributed by atoms with Gasteiger partial charge in [0.2, 0.25) is 5.95 Å². The highest BCUT2D eigenvalue weighted by Gasteiger charge is 2.22. The SMILES string of the molecule is CN[C@H]1CCN(c2cc(Nc3cccc(C)c3)nc(N)n2)C1. The van der Waals surface area contributed by atoms with Crippen molar-refractivity contribution >= 4 is 23.3 Å². The predicted octanol–water partition coefficient (Wildman–Crippen LogP) is 1.91. The number of nitrogens with one attached hydrogen (secondary N) is 2. The Bertz CT molecular complexity index is 657. The molecule has 0 spiro atoms. The topological polar surface area (TPSA) is 79.1 Å². The van der Waals surface area contributed by atoms with Crippen LogP contribution in [0.1, 0.15) is 12.0 Å². The zero-order valence-corrected chi connectivity index (χ0v) is 13.0. The van der Waals surface area contributed by atoms with Gasteiger partial charge in [-0.2, -0.15) is 9.97 Å². The molecule has 22 heavy (non-hydrogen) atoms. The Hall–Kier alpha value is -2.34. The van der Waals surface area contributed by atoms with Gasteiger partial charge in [-0.1, -0.05) is 12.1 Å². The van der Waals surface area contributed by atoms with Crippen LogP contribution in [-0.2, 0) is 0 Å². The highest BCUT2D eigenvalue weighted by Crippen LogP contribution is 2.24. The molecule has 0 saturated carbocycles. The Morgan fingerprint density at radius 2 is 2.14 bits per heavy atom. The molecule has 1 aliphatic rings. The highest BCUT2D eigenvalue weighted by atomic mass is 15.3. The second-order valence-electron chi connectivity index (χ2n) is 5.68. The lowest BCUT2D eigenvalue weighted by Crippen LogP contribution is -2.30. The molecule has 1 saturated heterocycles. The molecular formula is C16H22N6. The Morgan fingerprint density at radius 3 is 2.86 bits per heavy atom. The molecule has 1 atom stereocenters. The number of nitrogen functional groups attached to an aromatic ring is 1. The van der Waals surface area contributed by atoms with Gasteiger partial charge in [0.05, 0.1) is 0 Å². The van der Waals surface area contributed by atoms with Crippen molar-refractivity contribution in [2.45, 2.75) is 19.4 Å². The summed E-state index contributed by atoms with van der Waals surface area (Å²) in [6.45, 7) is 3.98. The number of anilines is 4. The molecule has 4 N–H and O–H groups in total. The molecule has 1 aliphatic heterocycles. The van der Waals surface area contributed by atoms with Crippen molar-refractivity contribution in [3.63, 3.8) is 0 Å². The van der Waals surface area contributed by atoms with Gasteiger partial charge >= 0.3 is 0 Å². The number of rotatable bonds is 4. The van der Waals surface area contributed by atoms with E-state index in [0.29, 0.717) is 12.0 Å². The van der Waals surface area contributed by atoms with E-state index in [4.69, 9.17) is 5.73 Å². The summed E-state index contributed by atoms with van der Waals surface area (Å²) in [5.41, 5.74) is 8.07. The molecule has 0 radical (unpaired) electrons. The molecule has 1 aromatic carbocycles. The van der Waals surface area contributed by atoms with E-state index in [1.54, 1.807) is 0 Å². The molecule has 2 heterocycles. The summed E-state index contributed by atoms with van der Waals surface area (Å²) in [4.78, 5) is 10.9. The molecule has 1 aromatic heterocycles. The van der Waals surface area contributed by atoms with Crippen LogP contribution in [0, 0.1) is 6.92 Å². The summed E-state index contributed by atoms with van der Waals surface area (Å²) < 4.78 is 0. The molecule has 0 bridgehead atoms. The fraction of sp³-hybridized carbons (Fsp3) is 0.375. The van der Waals surface area contributed by atoms with E-state index < -0.39 is 0 Å². The molecule has 6 nitrogen and oxygen atoms in total. The molecule has 6 heteroatoms. The van der Waals surface area contributed by atoms with Gasteiger partial charge < -0.3 is 21.3 Å². The standard InChI is InChI=1S/C16H22N6/c1-11-4-3-5-12(8-11)19-14-9-15(21-16(17)20-14)22-7-6-13(10-22)18-2/h3-5,8-9,13,18H,6-7,10H2,1-2H3,(H3,17,19,20,21)/t13-/m0/s1. The Morgan fingerprint density at radius 1 is 1.27 bits per heavy atom. The number of likely N-dealkylation sites (N-methyl/N-ethyl adjacent to an activating group) is 1. The number of nitrogens with two attached hydrogens (primary N) is 1. The third-order valence-electron chi connectivity index (χ3n) is 3.94.